The standard InChI is InChI=1S/C22H27N3O4S/c1-30(28,29)25(15-5-3-2-4-6-22(26)24-27)20-11-9-17(10-12-20)19-8-7-18-13-14-23-21(18)16-19/h7-14,16,23,27H,2-6,15H2,1H3,(H,24,26). The molecule has 0 spiro atoms. The second-order valence-electron chi connectivity index (χ2n) is 7.36. The molecule has 0 atom stereocenters. The summed E-state index contributed by atoms with van der Waals surface area (Å²) in [5.41, 5.74) is 5.40. The number of H-pyrrole nitrogens is 1. The van der Waals surface area contributed by atoms with E-state index in [1.807, 2.05) is 36.5 Å². The molecule has 1 amide bonds. The van der Waals surface area contributed by atoms with E-state index in [9.17, 15) is 13.2 Å². The van der Waals surface area contributed by atoms with Crippen LogP contribution < -0.4 is 9.79 Å². The van der Waals surface area contributed by atoms with Crippen LogP contribution in [0.1, 0.15) is 32.1 Å². The van der Waals surface area contributed by atoms with Crippen molar-refractivity contribution < 1.29 is 18.4 Å². The fourth-order valence-corrected chi connectivity index (χ4v) is 4.45. The quantitative estimate of drug-likeness (QED) is 0.257. The van der Waals surface area contributed by atoms with Gasteiger partial charge >= 0.3 is 0 Å². The summed E-state index contributed by atoms with van der Waals surface area (Å²) in [5, 5.41) is 9.63. The number of unbranched alkanes of at least 4 members (excludes halogenated alkanes) is 3. The first-order chi connectivity index (χ1) is 14.4. The van der Waals surface area contributed by atoms with Crippen molar-refractivity contribution in [1.82, 2.24) is 10.5 Å². The second kappa shape index (κ2) is 9.77. The Morgan fingerprint density at radius 1 is 1.00 bits per heavy atom. The molecule has 8 heteroatoms. The molecule has 1 heterocycles. The maximum Gasteiger partial charge on any atom is 0.243 e. The van der Waals surface area contributed by atoms with Crippen LogP contribution in [-0.2, 0) is 14.8 Å². The van der Waals surface area contributed by atoms with Gasteiger partial charge < -0.3 is 4.98 Å². The Labute approximate surface area is 176 Å². The molecule has 0 bridgehead atoms. The predicted octanol–water partition coefficient (Wildman–Crippen LogP) is 4.06. The summed E-state index contributed by atoms with van der Waals surface area (Å²) >= 11 is 0. The van der Waals surface area contributed by atoms with E-state index in [1.54, 1.807) is 5.48 Å². The molecule has 3 N–H and O–H groups in total. The highest BCUT2D eigenvalue weighted by Gasteiger charge is 2.17. The topological polar surface area (TPSA) is 102 Å². The van der Waals surface area contributed by atoms with Crippen LogP contribution in [0.3, 0.4) is 0 Å². The number of sulfonamides is 1. The van der Waals surface area contributed by atoms with Crippen molar-refractivity contribution >= 4 is 32.5 Å². The number of benzene rings is 2. The molecule has 0 radical (unpaired) electrons. The first kappa shape index (κ1) is 21.9. The number of aromatic nitrogens is 1. The van der Waals surface area contributed by atoms with E-state index in [4.69, 9.17) is 5.21 Å². The number of carbonyl (C=O) groups excluding carboxylic acids is 1. The molecule has 0 saturated heterocycles. The fraction of sp³-hybridized carbons (Fsp3) is 0.318. The maximum atomic E-state index is 12.3. The van der Waals surface area contributed by atoms with Gasteiger partial charge in [0.25, 0.3) is 0 Å². The van der Waals surface area contributed by atoms with Crippen LogP contribution in [0.5, 0.6) is 0 Å². The number of anilines is 1. The van der Waals surface area contributed by atoms with Crippen molar-refractivity contribution in [3.8, 4) is 11.1 Å². The maximum absolute atomic E-state index is 12.3. The summed E-state index contributed by atoms with van der Waals surface area (Å²) in [6.45, 7) is 0.388. The molecule has 3 rings (SSSR count). The van der Waals surface area contributed by atoms with E-state index < -0.39 is 15.9 Å². The lowest BCUT2D eigenvalue weighted by Crippen LogP contribution is -2.30. The zero-order valence-corrected chi connectivity index (χ0v) is 17.8. The molecule has 0 aliphatic carbocycles. The summed E-state index contributed by atoms with van der Waals surface area (Å²) in [6.07, 6.45) is 6.34. The lowest BCUT2D eigenvalue weighted by molar-refractivity contribution is -0.129. The van der Waals surface area contributed by atoms with Crippen LogP contribution in [0.4, 0.5) is 5.69 Å². The van der Waals surface area contributed by atoms with E-state index in [2.05, 4.69) is 23.2 Å². The molecule has 0 aliphatic rings. The number of hydrogen-bond acceptors (Lipinski definition) is 4. The Hall–Kier alpha value is -2.84. The highest BCUT2D eigenvalue weighted by Crippen LogP contribution is 2.27. The van der Waals surface area contributed by atoms with Gasteiger partial charge in [-0.05, 0) is 53.6 Å². The van der Waals surface area contributed by atoms with Crippen molar-refractivity contribution in [2.45, 2.75) is 32.1 Å². The zero-order valence-electron chi connectivity index (χ0n) is 17.0. The Kier molecular flexibility index (Phi) is 7.12. The monoisotopic (exact) mass is 429 g/mol. The largest absolute Gasteiger partial charge is 0.361 e. The highest BCUT2D eigenvalue weighted by atomic mass is 32.2. The van der Waals surface area contributed by atoms with E-state index in [-0.39, 0.29) is 6.42 Å². The molecule has 30 heavy (non-hydrogen) atoms. The SMILES string of the molecule is CS(=O)(=O)N(CCCCCCC(=O)NO)c1ccc(-c2ccc3cc[nH]c3c2)cc1. The summed E-state index contributed by atoms with van der Waals surface area (Å²) in [5.74, 6) is -0.400. The van der Waals surface area contributed by atoms with E-state index in [0.717, 1.165) is 34.9 Å². The summed E-state index contributed by atoms with van der Waals surface area (Å²) in [6, 6.07) is 15.7. The Morgan fingerprint density at radius 2 is 1.70 bits per heavy atom. The molecule has 160 valence electrons. The summed E-state index contributed by atoms with van der Waals surface area (Å²) < 4.78 is 26.0. The van der Waals surface area contributed by atoms with Crippen LogP contribution in [0.2, 0.25) is 0 Å². The molecule has 0 unspecified atom stereocenters. The molecule has 0 aliphatic heterocycles. The first-order valence-corrected chi connectivity index (χ1v) is 11.8. The average Bonchev–Trinajstić information content (AvgIpc) is 3.20. The average molecular weight is 430 g/mol. The van der Waals surface area contributed by atoms with Gasteiger partial charge in [0.1, 0.15) is 0 Å². The molecule has 2 aromatic carbocycles. The lowest BCUT2D eigenvalue weighted by Gasteiger charge is -2.22. The Morgan fingerprint density at radius 3 is 2.40 bits per heavy atom. The third kappa shape index (κ3) is 5.61. The van der Waals surface area contributed by atoms with Crippen LogP contribution >= 0.6 is 0 Å². The molecular formula is C22H27N3O4S. The van der Waals surface area contributed by atoms with Crippen molar-refractivity contribution in [2.75, 3.05) is 17.1 Å². The zero-order chi connectivity index (χ0) is 21.6. The van der Waals surface area contributed by atoms with Gasteiger partial charge in [0.2, 0.25) is 15.9 Å². The smallest absolute Gasteiger partial charge is 0.243 e. The lowest BCUT2D eigenvalue weighted by atomic mass is 10.0. The first-order valence-electron chi connectivity index (χ1n) is 9.97. The van der Waals surface area contributed by atoms with Crippen LogP contribution in [0, 0.1) is 0 Å². The minimum absolute atomic E-state index is 0.266. The predicted molar refractivity (Wildman–Crippen MR) is 119 cm³/mol. The molecule has 0 saturated carbocycles. The Balaban J connectivity index is 1.63. The van der Waals surface area contributed by atoms with Gasteiger partial charge in [-0.15, -0.1) is 0 Å². The minimum atomic E-state index is -3.40. The number of hydroxylamine groups is 1. The minimum Gasteiger partial charge on any atom is -0.361 e. The highest BCUT2D eigenvalue weighted by molar-refractivity contribution is 7.92. The second-order valence-corrected chi connectivity index (χ2v) is 9.27. The number of carbonyl (C=O) groups is 1. The van der Waals surface area contributed by atoms with Crippen LogP contribution in [-0.4, -0.2) is 37.3 Å². The fourth-order valence-electron chi connectivity index (χ4n) is 3.48. The van der Waals surface area contributed by atoms with Crippen LogP contribution in [0.15, 0.2) is 54.7 Å². The number of hydrogen-bond donors (Lipinski definition) is 3. The number of amides is 1. The van der Waals surface area contributed by atoms with Gasteiger partial charge in [0.15, 0.2) is 0 Å². The third-order valence-corrected chi connectivity index (χ3v) is 6.28. The molecule has 7 nitrogen and oxygen atoms in total. The van der Waals surface area contributed by atoms with Crippen molar-refractivity contribution in [1.29, 1.82) is 0 Å². The van der Waals surface area contributed by atoms with Gasteiger partial charge in [-0.2, -0.15) is 0 Å². The Bertz CT molecular complexity index is 1090. The van der Waals surface area contributed by atoms with Gasteiger partial charge in [-0.25, -0.2) is 13.9 Å². The molecule has 1 aromatic heterocycles. The number of nitrogens with one attached hydrogen (secondary N) is 2. The van der Waals surface area contributed by atoms with Gasteiger partial charge in [-0.3, -0.25) is 14.3 Å². The number of rotatable bonds is 10. The van der Waals surface area contributed by atoms with Crippen molar-refractivity contribution in [2.24, 2.45) is 0 Å². The number of fused-ring (bicyclic) bond motifs is 1. The number of aromatic amines is 1. The van der Waals surface area contributed by atoms with E-state index in [1.165, 1.54) is 10.6 Å². The molecule has 0 fully saturated rings. The number of nitrogens with zero attached hydrogens (tertiary/aromatic N) is 1. The van der Waals surface area contributed by atoms with Crippen molar-refractivity contribution in [3.05, 3.63) is 54.7 Å². The third-order valence-electron chi connectivity index (χ3n) is 5.08. The molecule has 3 aromatic rings. The normalized spacial score (nSPS) is 11.5. The molecular weight excluding hydrogens is 402 g/mol. The van der Waals surface area contributed by atoms with E-state index in [0.29, 0.717) is 25.1 Å². The van der Waals surface area contributed by atoms with Crippen molar-refractivity contribution in [3.63, 3.8) is 0 Å². The van der Waals surface area contributed by atoms with E-state index >= 15 is 0 Å². The summed E-state index contributed by atoms with van der Waals surface area (Å²) in [4.78, 5) is 14.2. The van der Waals surface area contributed by atoms with Gasteiger partial charge in [-0.1, -0.05) is 37.1 Å². The summed E-state index contributed by atoms with van der Waals surface area (Å²) in [7, 11) is -3.40. The van der Waals surface area contributed by atoms with Gasteiger partial charge in [0.05, 0.1) is 11.9 Å². The van der Waals surface area contributed by atoms with Crippen LogP contribution in [0.25, 0.3) is 22.0 Å². The van der Waals surface area contributed by atoms with Gasteiger partial charge in [0, 0.05) is 24.7 Å².